The first-order valence-corrected chi connectivity index (χ1v) is 7.81. The van der Waals surface area contributed by atoms with E-state index in [4.69, 9.17) is 0 Å². The first kappa shape index (κ1) is 15.4. The maximum Gasteiger partial charge on any atom is 0.323 e. The van der Waals surface area contributed by atoms with Crippen molar-refractivity contribution in [3.05, 3.63) is 54.1 Å². The Hall–Kier alpha value is -1.98. The Bertz CT molecular complexity index is 629. The van der Waals surface area contributed by atoms with Crippen LogP contribution < -0.4 is 10.6 Å². The largest absolute Gasteiger partial charge is 0.389 e. The number of aliphatic hydroxyl groups is 1. The number of hydrogen-bond donors (Lipinski definition) is 3. The average molecular weight is 302 g/mol. The number of para-hydroxylation sites is 1. The molecule has 0 radical (unpaired) electrons. The molecule has 5 heteroatoms. The molecule has 0 aliphatic rings. The lowest BCUT2D eigenvalue weighted by atomic mass is 10.1. The normalized spacial score (nSPS) is 11.8. The molecule has 0 heterocycles. The summed E-state index contributed by atoms with van der Waals surface area (Å²) in [7, 11) is 0. The number of carbonyl (C=O) groups excluding carboxylic acids is 1. The molecule has 4 nitrogen and oxygen atoms in total. The SMILES string of the molecule is CSc1ccccc1NC(=O)Nc1cccc(C(C)O)c1. The number of rotatable bonds is 4. The van der Waals surface area contributed by atoms with Gasteiger partial charge < -0.3 is 15.7 Å². The lowest BCUT2D eigenvalue weighted by Gasteiger charge is -2.12. The topological polar surface area (TPSA) is 61.4 Å². The lowest BCUT2D eigenvalue weighted by molar-refractivity contribution is 0.199. The molecule has 0 saturated carbocycles. The summed E-state index contributed by atoms with van der Waals surface area (Å²) in [5.41, 5.74) is 2.18. The van der Waals surface area contributed by atoms with Gasteiger partial charge in [0.2, 0.25) is 0 Å². The van der Waals surface area contributed by atoms with Crippen LogP contribution in [0.25, 0.3) is 0 Å². The molecule has 0 aliphatic carbocycles. The average Bonchev–Trinajstić information content (AvgIpc) is 2.48. The molecule has 0 fully saturated rings. The third kappa shape index (κ3) is 4.24. The summed E-state index contributed by atoms with van der Waals surface area (Å²) in [5.74, 6) is 0. The van der Waals surface area contributed by atoms with Crippen molar-refractivity contribution >= 4 is 29.2 Å². The Morgan fingerprint density at radius 2 is 1.90 bits per heavy atom. The zero-order valence-corrected chi connectivity index (χ0v) is 12.8. The predicted molar refractivity (Wildman–Crippen MR) is 87.9 cm³/mol. The second kappa shape index (κ2) is 7.15. The van der Waals surface area contributed by atoms with Crippen molar-refractivity contribution in [2.24, 2.45) is 0 Å². The van der Waals surface area contributed by atoms with Crippen molar-refractivity contribution in [1.82, 2.24) is 0 Å². The van der Waals surface area contributed by atoms with Crippen LogP contribution in [0.15, 0.2) is 53.4 Å². The first-order valence-electron chi connectivity index (χ1n) is 6.59. The van der Waals surface area contributed by atoms with Gasteiger partial charge in [-0.15, -0.1) is 11.8 Å². The summed E-state index contributed by atoms with van der Waals surface area (Å²) < 4.78 is 0. The van der Waals surface area contributed by atoms with Gasteiger partial charge in [-0.3, -0.25) is 0 Å². The van der Waals surface area contributed by atoms with Crippen LogP contribution in [0.4, 0.5) is 16.2 Å². The fourth-order valence-electron chi connectivity index (χ4n) is 1.91. The fraction of sp³-hybridized carbons (Fsp3) is 0.188. The number of anilines is 2. The molecular weight excluding hydrogens is 284 g/mol. The summed E-state index contributed by atoms with van der Waals surface area (Å²) in [6, 6.07) is 14.5. The smallest absolute Gasteiger partial charge is 0.323 e. The van der Waals surface area contributed by atoms with Crippen molar-refractivity contribution in [3.8, 4) is 0 Å². The number of aliphatic hydroxyl groups excluding tert-OH is 1. The summed E-state index contributed by atoms with van der Waals surface area (Å²) >= 11 is 1.57. The van der Waals surface area contributed by atoms with Gasteiger partial charge in [0.15, 0.2) is 0 Å². The van der Waals surface area contributed by atoms with Crippen LogP contribution in [-0.4, -0.2) is 17.4 Å². The highest BCUT2D eigenvalue weighted by atomic mass is 32.2. The van der Waals surface area contributed by atoms with Crippen molar-refractivity contribution in [2.75, 3.05) is 16.9 Å². The predicted octanol–water partition coefficient (Wildman–Crippen LogP) is 4.11. The maximum absolute atomic E-state index is 12.0. The monoisotopic (exact) mass is 302 g/mol. The molecule has 0 saturated heterocycles. The number of nitrogens with one attached hydrogen (secondary N) is 2. The highest BCUT2D eigenvalue weighted by molar-refractivity contribution is 7.98. The van der Waals surface area contributed by atoms with E-state index in [1.54, 1.807) is 36.9 Å². The first-order chi connectivity index (χ1) is 10.1. The number of urea groups is 1. The Kier molecular flexibility index (Phi) is 5.25. The summed E-state index contributed by atoms with van der Waals surface area (Å²) in [5, 5.41) is 15.1. The van der Waals surface area contributed by atoms with Crippen LogP contribution in [0, 0.1) is 0 Å². The van der Waals surface area contributed by atoms with Gasteiger partial charge in [0, 0.05) is 10.6 Å². The van der Waals surface area contributed by atoms with Gasteiger partial charge in [-0.05, 0) is 43.0 Å². The molecule has 0 bridgehead atoms. The summed E-state index contributed by atoms with van der Waals surface area (Å²) in [4.78, 5) is 13.0. The van der Waals surface area contributed by atoms with E-state index in [9.17, 15) is 9.90 Å². The van der Waals surface area contributed by atoms with Crippen LogP contribution in [0.1, 0.15) is 18.6 Å². The lowest BCUT2D eigenvalue weighted by Crippen LogP contribution is -2.19. The fourth-order valence-corrected chi connectivity index (χ4v) is 2.46. The minimum Gasteiger partial charge on any atom is -0.389 e. The molecule has 2 aromatic carbocycles. The zero-order valence-electron chi connectivity index (χ0n) is 12.0. The standard InChI is InChI=1S/C16H18N2O2S/c1-11(19)12-6-5-7-13(10-12)17-16(20)18-14-8-3-4-9-15(14)21-2/h3-11,19H,1-2H3,(H2,17,18,20). The van der Waals surface area contributed by atoms with E-state index in [0.717, 1.165) is 16.1 Å². The Labute approximate surface area is 128 Å². The number of amides is 2. The third-order valence-electron chi connectivity index (χ3n) is 2.98. The van der Waals surface area contributed by atoms with Gasteiger partial charge in [0.25, 0.3) is 0 Å². The molecule has 0 spiro atoms. The Balaban J connectivity index is 2.06. The highest BCUT2D eigenvalue weighted by Crippen LogP contribution is 2.25. The molecule has 0 aliphatic heterocycles. The molecule has 0 aromatic heterocycles. The minimum absolute atomic E-state index is 0.306. The van der Waals surface area contributed by atoms with E-state index in [1.807, 2.05) is 36.6 Å². The van der Waals surface area contributed by atoms with Crippen LogP contribution in [0.2, 0.25) is 0 Å². The number of benzene rings is 2. The quantitative estimate of drug-likeness (QED) is 0.745. The van der Waals surface area contributed by atoms with Gasteiger partial charge in [0.1, 0.15) is 0 Å². The Morgan fingerprint density at radius 3 is 2.62 bits per heavy atom. The molecule has 21 heavy (non-hydrogen) atoms. The summed E-state index contributed by atoms with van der Waals surface area (Å²) in [6.45, 7) is 1.69. The van der Waals surface area contributed by atoms with Gasteiger partial charge in [0.05, 0.1) is 11.8 Å². The van der Waals surface area contributed by atoms with E-state index in [2.05, 4.69) is 10.6 Å². The van der Waals surface area contributed by atoms with Crippen molar-refractivity contribution < 1.29 is 9.90 Å². The van der Waals surface area contributed by atoms with E-state index in [-0.39, 0.29) is 6.03 Å². The Morgan fingerprint density at radius 1 is 1.14 bits per heavy atom. The van der Waals surface area contributed by atoms with Crippen molar-refractivity contribution in [1.29, 1.82) is 0 Å². The van der Waals surface area contributed by atoms with E-state index >= 15 is 0 Å². The van der Waals surface area contributed by atoms with Crippen LogP contribution in [0.5, 0.6) is 0 Å². The molecular formula is C16H18N2O2S. The van der Waals surface area contributed by atoms with Gasteiger partial charge in [-0.2, -0.15) is 0 Å². The van der Waals surface area contributed by atoms with E-state index < -0.39 is 6.10 Å². The van der Waals surface area contributed by atoms with E-state index in [0.29, 0.717) is 5.69 Å². The number of hydrogen-bond acceptors (Lipinski definition) is 3. The van der Waals surface area contributed by atoms with Crippen LogP contribution >= 0.6 is 11.8 Å². The number of thioether (sulfide) groups is 1. The molecule has 1 atom stereocenters. The van der Waals surface area contributed by atoms with Gasteiger partial charge in [-0.1, -0.05) is 24.3 Å². The van der Waals surface area contributed by atoms with Crippen molar-refractivity contribution in [2.45, 2.75) is 17.9 Å². The van der Waals surface area contributed by atoms with E-state index in [1.165, 1.54) is 0 Å². The second-order valence-corrected chi connectivity index (χ2v) is 5.43. The molecule has 3 N–H and O–H groups in total. The number of carbonyl (C=O) groups is 1. The third-order valence-corrected chi connectivity index (χ3v) is 3.78. The second-order valence-electron chi connectivity index (χ2n) is 4.58. The molecule has 1 unspecified atom stereocenters. The maximum atomic E-state index is 12.0. The van der Waals surface area contributed by atoms with Crippen molar-refractivity contribution in [3.63, 3.8) is 0 Å². The van der Waals surface area contributed by atoms with Crippen LogP contribution in [0.3, 0.4) is 0 Å². The zero-order chi connectivity index (χ0) is 15.2. The highest BCUT2D eigenvalue weighted by Gasteiger charge is 2.07. The van der Waals surface area contributed by atoms with Gasteiger partial charge in [-0.25, -0.2) is 4.79 Å². The molecule has 2 aromatic rings. The molecule has 2 rings (SSSR count). The molecule has 110 valence electrons. The minimum atomic E-state index is -0.563. The summed E-state index contributed by atoms with van der Waals surface area (Å²) in [6.07, 6.45) is 1.40. The molecule has 2 amide bonds. The van der Waals surface area contributed by atoms with Crippen LogP contribution in [-0.2, 0) is 0 Å². The van der Waals surface area contributed by atoms with Gasteiger partial charge >= 0.3 is 6.03 Å².